The predicted molar refractivity (Wildman–Crippen MR) is 67.1 cm³/mol. The molecule has 1 rings (SSSR count). The van der Waals surface area contributed by atoms with Crippen molar-refractivity contribution < 1.29 is 0 Å². The summed E-state index contributed by atoms with van der Waals surface area (Å²) in [6.07, 6.45) is 6.09. The van der Waals surface area contributed by atoms with Crippen molar-refractivity contribution in [2.45, 2.75) is 39.2 Å². The Labute approximate surface area is 94.7 Å². The Morgan fingerprint density at radius 3 is 2.67 bits per heavy atom. The van der Waals surface area contributed by atoms with E-state index >= 15 is 0 Å². The van der Waals surface area contributed by atoms with Crippen LogP contribution in [0.15, 0.2) is 12.7 Å². The Morgan fingerprint density at radius 1 is 1.40 bits per heavy atom. The number of rotatable bonds is 9. The number of nitrogens with one attached hydrogen (secondary N) is 1. The van der Waals surface area contributed by atoms with Gasteiger partial charge in [0.1, 0.15) is 0 Å². The van der Waals surface area contributed by atoms with E-state index in [2.05, 4.69) is 30.6 Å². The molecule has 0 aromatic heterocycles. The Balaban J connectivity index is 2.10. The highest BCUT2D eigenvalue weighted by Gasteiger charge is 2.27. The second-order valence-corrected chi connectivity index (χ2v) is 4.94. The molecule has 88 valence electrons. The van der Waals surface area contributed by atoms with Gasteiger partial charge in [-0.3, -0.25) is 4.90 Å². The van der Waals surface area contributed by atoms with Gasteiger partial charge in [0.15, 0.2) is 0 Å². The number of nitrogens with zero attached hydrogens (tertiary/aromatic N) is 1. The number of hydrogen-bond acceptors (Lipinski definition) is 2. The third-order valence-corrected chi connectivity index (χ3v) is 2.92. The molecule has 0 saturated heterocycles. The van der Waals surface area contributed by atoms with E-state index < -0.39 is 0 Å². The van der Waals surface area contributed by atoms with Crippen LogP contribution in [0.3, 0.4) is 0 Å². The lowest BCUT2D eigenvalue weighted by atomic mass is 10.1. The van der Waals surface area contributed by atoms with E-state index in [1.54, 1.807) is 0 Å². The van der Waals surface area contributed by atoms with Crippen molar-refractivity contribution in [2.24, 2.45) is 5.92 Å². The highest BCUT2D eigenvalue weighted by molar-refractivity contribution is 4.85. The molecular formula is C13H26N2. The molecule has 1 fully saturated rings. The van der Waals surface area contributed by atoms with Crippen LogP contribution in [0, 0.1) is 5.92 Å². The fraction of sp³-hybridized carbons (Fsp3) is 0.846. The molecule has 2 heteroatoms. The monoisotopic (exact) mass is 210 g/mol. The summed E-state index contributed by atoms with van der Waals surface area (Å²) in [5, 5.41) is 3.38. The predicted octanol–water partition coefficient (Wildman–Crippen LogP) is 2.27. The van der Waals surface area contributed by atoms with Crippen molar-refractivity contribution >= 4 is 0 Å². The molecule has 0 amide bonds. The van der Waals surface area contributed by atoms with Crippen LogP contribution in [0.2, 0.25) is 0 Å². The lowest BCUT2D eigenvalue weighted by Gasteiger charge is -2.22. The van der Waals surface area contributed by atoms with Gasteiger partial charge in [-0.05, 0) is 31.7 Å². The van der Waals surface area contributed by atoms with Crippen LogP contribution < -0.4 is 5.32 Å². The van der Waals surface area contributed by atoms with Crippen molar-refractivity contribution in [3.63, 3.8) is 0 Å². The SMILES string of the molecule is C=CCNCCN(CCC(C)C)C1CC1. The first-order valence-corrected chi connectivity index (χ1v) is 6.29. The van der Waals surface area contributed by atoms with Crippen LogP contribution in [0.1, 0.15) is 33.1 Å². The Hall–Kier alpha value is -0.340. The molecule has 0 atom stereocenters. The minimum atomic E-state index is 0.826. The van der Waals surface area contributed by atoms with E-state index in [0.29, 0.717) is 0 Å². The third kappa shape index (κ3) is 5.95. The van der Waals surface area contributed by atoms with Crippen molar-refractivity contribution in [3.8, 4) is 0 Å². The van der Waals surface area contributed by atoms with E-state index in [1.807, 2.05) is 6.08 Å². The Kier molecular flexibility index (Phi) is 5.96. The summed E-state index contributed by atoms with van der Waals surface area (Å²) in [4.78, 5) is 2.65. The van der Waals surface area contributed by atoms with Gasteiger partial charge in [-0.25, -0.2) is 0 Å². The molecular weight excluding hydrogens is 184 g/mol. The molecule has 0 heterocycles. The maximum absolute atomic E-state index is 3.71. The van der Waals surface area contributed by atoms with E-state index in [4.69, 9.17) is 0 Å². The zero-order chi connectivity index (χ0) is 11.1. The van der Waals surface area contributed by atoms with E-state index in [0.717, 1.165) is 25.0 Å². The zero-order valence-corrected chi connectivity index (χ0v) is 10.3. The second-order valence-electron chi connectivity index (χ2n) is 4.94. The normalized spacial score (nSPS) is 16.3. The van der Waals surface area contributed by atoms with Crippen molar-refractivity contribution in [2.75, 3.05) is 26.2 Å². The molecule has 2 nitrogen and oxygen atoms in total. The molecule has 1 saturated carbocycles. The van der Waals surface area contributed by atoms with Gasteiger partial charge in [0.25, 0.3) is 0 Å². The van der Waals surface area contributed by atoms with Crippen molar-refractivity contribution in [1.82, 2.24) is 10.2 Å². The average molecular weight is 210 g/mol. The fourth-order valence-corrected chi connectivity index (χ4v) is 1.77. The largest absolute Gasteiger partial charge is 0.312 e. The lowest BCUT2D eigenvalue weighted by Crippen LogP contribution is -2.35. The Bertz CT molecular complexity index is 173. The van der Waals surface area contributed by atoms with Gasteiger partial charge < -0.3 is 5.32 Å². The van der Waals surface area contributed by atoms with Crippen LogP contribution in [0.4, 0.5) is 0 Å². The second kappa shape index (κ2) is 7.02. The van der Waals surface area contributed by atoms with Gasteiger partial charge in [0.05, 0.1) is 0 Å². The first-order valence-electron chi connectivity index (χ1n) is 6.29. The highest BCUT2D eigenvalue weighted by Crippen LogP contribution is 2.26. The van der Waals surface area contributed by atoms with Crippen LogP contribution in [-0.2, 0) is 0 Å². The lowest BCUT2D eigenvalue weighted by molar-refractivity contribution is 0.249. The molecule has 0 radical (unpaired) electrons. The van der Waals surface area contributed by atoms with E-state index in [1.165, 1.54) is 32.4 Å². The fourth-order valence-electron chi connectivity index (χ4n) is 1.77. The van der Waals surface area contributed by atoms with Gasteiger partial charge in [-0.1, -0.05) is 19.9 Å². The summed E-state index contributed by atoms with van der Waals surface area (Å²) in [5.74, 6) is 0.826. The molecule has 1 aliphatic carbocycles. The van der Waals surface area contributed by atoms with Crippen molar-refractivity contribution in [1.29, 1.82) is 0 Å². The summed E-state index contributed by atoms with van der Waals surface area (Å²) in [6, 6.07) is 0.897. The van der Waals surface area contributed by atoms with Crippen molar-refractivity contribution in [3.05, 3.63) is 12.7 Å². The van der Waals surface area contributed by atoms with Gasteiger partial charge in [0, 0.05) is 25.7 Å². The zero-order valence-electron chi connectivity index (χ0n) is 10.3. The summed E-state index contributed by atoms with van der Waals surface area (Å²) in [6.45, 7) is 12.8. The molecule has 0 spiro atoms. The molecule has 15 heavy (non-hydrogen) atoms. The molecule has 1 aliphatic rings. The van der Waals surface area contributed by atoms with Gasteiger partial charge in [-0.15, -0.1) is 6.58 Å². The summed E-state index contributed by atoms with van der Waals surface area (Å²) < 4.78 is 0. The molecule has 1 N–H and O–H groups in total. The first-order chi connectivity index (χ1) is 7.24. The van der Waals surface area contributed by atoms with E-state index in [-0.39, 0.29) is 0 Å². The standard InChI is InChI=1S/C13H26N2/c1-4-8-14-9-11-15(13-5-6-13)10-7-12(2)3/h4,12-14H,1,5-11H2,2-3H3. The molecule has 0 aromatic rings. The van der Waals surface area contributed by atoms with E-state index in [9.17, 15) is 0 Å². The van der Waals surface area contributed by atoms with Crippen LogP contribution in [0.5, 0.6) is 0 Å². The quantitative estimate of drug-likeness (QED) is 0.464. The highest BCUT2D eigenvalue weighted by atomic mass is 15.2. The minimum absolute atomic E-state index is 0.826. The van der Waals surface area contributed by atoms with Crippen LogP contribution in [0.25, 0.3) is 0 Å². The first kappa shape index (κ1) is 12.7. The summed E-state index contributed by atoms with van der Waals surface area (Å²) >= 11 is 0. The Morgan fingerprint density at radius 2 is 2.13 bits per heavy atom. The third-order valence-electron chi connectivity index (χ3n) is 2.92. The number of hydrogen-bond donors (Lipinski definition) is 1. The average Bonchev–Trinajstić information content (AvgIpc) is 3.00. The summed E-state index contributed by atoms with van der Waals surface area (Å²) in [7, 11) is 0. The molecule has 0 unspecified atom stereocenters. The minimum Gasteiger partial charge on any atom is -0.312 e. The molecule has 0 aliphatic heterocycles. The maximum atomic E-state index is 3.71. The van der Waals surface area contributed by atoms with Crippen LogP contribution in [-0.4, -0.2) is 37.1 Å². The molecule has 0 bridgehead atoms. The van der Waals surface area contributed by atoms with Crippen LogP contribution >= 0.6 is 0 Å². The summed E-state index contributed by atoms with van der Waals surface area (Å²) in [5.41, 5.74) is 0. The topological polar surface area (TPSA) is 15.3 Å². The van der Waals surface area contributed by atoms with Gasteiger partial charge >= 0.3 is 0 Å². The maximum Gasteiger partial charge on any atom is 0.0132 e. The smallest absolute Gasteiger partial charge is 0.0132 e. The molecule has 0 aromatic carbocycles. The van der Waals surface area contributed by atoms with Gasteiger partial charge in [0.2, 0.25) is 0 Å². The van der Waals surface area contributed by atoms with Gasteiger partial charge in [-0.2, -0.15) is 0 Å².